The monoisotopic (exact) mass is 423 g/mol. The molecule has 0 saturated carbocycles. The number of aromatic nitrogens is 3. The van der Waals surface area contributed by atoms with Crippen LogP contribution in [-0.2, 0) is 4.79 Å². The highest BCUT2D eigenvalue weighted by molar-refractivity contribution is 9.10. The van der Waals surface area contributed by atoms with Gasteiger partial charge in [0.1, 0.15) is 6.54 Å². The fraction of sp³-hybridized carbons (Fsp3) is 0.308. The number of nitrogens with zero attached hydrogens (tertiary/aromatic N) is 3. The van der Waals surface area contributed by atoms with E-state index in [1.54, 1.807) is 12.1 Å². The number of thioether (sulfide) groups is 1. The Labute approximate surface area is 148 Å². The Morgan fingerprint density at radius 3 is 2.71 bits per heavy atom. The first-order valence-corrected chi connectivity index (χ1v) is 8.33. The molecule has 6 nitrogen and oxygen atoms in total. The second kappa shape index (κ2) is 7.43. The van der Waals surface area contributed by atoms with Gasteiger partial charge in [0.15, 0.2) is 5.82 Å². The Morgan fingerprint density at radius 2 is 2.08 bits per heavy atom. The van der Waals surface area contributed by atoms with Crippen LogP contribution in [0.2, 0.25) is 0 Å². The number of carbonyl (C=O) groups excluding carboxylic acids is 1. The molecule has 2 aromatic rings. The van der Waals surface area contributed by atoms with Crippen LogP contribution in [0, 0.1) is 0 Å². The van der Waals surface area contributed by atoms with Crippen LogP contribution in [0.5, 0.6) is 0 Å². The van der Waals surface area contributed by atoms with Gasteiger partial charge in [-0.2, -0.15) is 13.2 Å². The fourth-order valence-electron chi connectivity index (χ4n) is 1.73. The molecule has 0 aliphatic rings. The summed E-state index contributed by atoms with van der Waals surface area (Å²) in [7, 11) is 0. The predicted octanol–water partition coefficient (Wildman–Crippen LogP) is 2.58. The van der Waals surface area contributed by atoms with Crippen molar-refractivity contribution >= 4 is 33.6 Å². The topological polar surface area (TPSA) is 85.8 Å². The van der Waals surface area contributed by atoms with Crippen molar-refractivity contribution in [1.82, 2.24) is 20.2 Å². The van der Waals surface area contributed by atoms with E-state index in [0.717, 1.165) is 16.2 Å². The van der Waals surface area contributed by atoms with Crippen molar-refractivity contribution in [3.8, 4) is 11.4 Å². The second-order valence-electron chi connectivity index (χ2n) is 4.75. The van der Waals surface area contributed by atoms with Gasteiger partial charge in [-0.15, -0.1) is 10.2 Å². The van der Waals surface area contributed by atoms with Gasteiger partial charge in [-0.25, -0.2) is 4.68 Å². The quantitative estimate of drug-likeness (QED) is 0.570. The smallest absolute Gasteiger partial charge is 0.346 e. The summed E-state index contributed by atoms with van der Waals surface area (Å²) in [5.41, 5.74) is 0.702. The van der Waals surface area contributed by atoms with Crippen LogP contribution in [-0.4, -0.2) is 38.8 Å². The van der Waals surface area contributed by atoms with Crippen LogP contribution in [0.4, 0.5) is 13.2 Å². The molecule has 0 unspecified atom stereocenters. The molecule has 0 aliphatic heterocycles. The van der Waals surface area contributed by atoms with E-state index in [9.17, 15) is 18.0 Å². The van der Waals surface area contributed by atoms with Gasteiger partial charge in [-0.1, -0.05) is 39.8 Å². The average molecular weight is 424 g/mol. The maximum Gasteiger partial charge on any atom is 0.405 e. The molecular weight excluding hydrogens is 411 g/mol. The summed E-state index contributed by atoms with van der Waals surface area (Å²) in [5, 5.41) is 9.09. The van der Waals surface area contributed by atoms with Gasteiger partial charge < -0.3 is 11.2 Å². The minimum atomic E-state index is -4.46. The first-order valence-electron chi connectivity index (χ1n) is 6.65. The third kappa shape index (κ3) is 4.63. The molecule has 0 fully saturated rings. The van der Waals surface area contributed by atoms with Crippen molar-refractivity contribution in [3.05, 3.63) is 28.7 Å². The van der Waals surface area contributed by atoms with Gasteiger partial charge >= 0.3 is 6.18 Å². The normalized spacial score (nSPS) is 12.9. The lowest BCUT2D eigenvalue weighted by Gasteiger charge is -2.13. The number of amides is 1. The first-order chi connectivity index (χ1) is 11.2. The van der Waals surface area contributed by atoms with Crippen molar-refractivity contribution in [2.75, 3.05) is 12.4 Å². The minimum Gasteiger partial charge on any atom is -0.346 e. The highest BCUT2D eigenvalue weighted by Crippen LogP contribution is 2.29. The Kier molecular flexibility index (Phi) is 5.75. The molecular formula is C13H13BrF3N5OS. The summed E-state index contributed by atoms with van der Waals surface area (Å²) in [6, 6.07) is 7.22. The van der Waals surface area contributed by atoms with Gasteiger partial charge in [0.05, 0.1) is 5.25 Å². The number of carbonyl (C=O) groups is 1. The number of nitrogens with two attached hydrogens (primary N) is 1. The molecule has 1 amide bonds. The van der Waals surface area contributed by atoms with E-state index in [1.165, 1.54) is 11.6 Å². The molecule has 24 heavy (non-hydrogen) atoms. The van der Waals surface area contributed by atoms with Gasteiger partial charge in [0.25, 0.3) is 0 Å². The van der Waals surface area contributed by atoms with E-state index in [4.69, 9.17) is 5.84 Å². The predicted molar refractivity (Wildman–Crippen MR) is 87.7 cm³/mol. The van der Waals surface area contributed by atoms with Crippen molar-refractivity contribution < 1.29 is 18.0 Å². The number of benzene rings is 1. The molecule has 3 N–H and O–H groups in total. The molecule has 130 valence electrons. The minimum absolute atomic E-state index is 0.218. The third-order valence-electron chi connectivity index (χ3n) is 2.89. The van der Waals surface area contributed by atoms with Gasteiger partial charge in [-0.05, 0) is 19.1 Å². The van der Waals surface area contributed by atoms with Crippen molar-refractivity contribution in [3.63, 3.8) is 0 Å². The molecule has 0 saturated heterocycles. The highest BCUT2D eigenvalue weighted by Gasteiger charge is 2.29. The zero-order valence-corrected chi connectivity index (χ0v) is 14.7. The lowest BCUT2D eigenvalue weighted by molar-refractivity contribution is -0.137. The number of alkyl halides is 3. The molecule has 0 radical (unpaired) electrons. The van der Waals surface area contributed by atoms with Crippen LogP contribution in [0.1, 0.15) is 6.92 Å². The molecule has 1 aromatic heterocycles. The fourth-order valence-corrected chi connectivity index (χ4v) is 2.98. The summed E-state index contributed by atoms with van der Waals surface area (Å²) in [6.07, 6.45) is -4.46. The number of halogens is 4. The van der Waals surface area contributed by atoms with E-state index >= 15 is 0 Å². The van der Waals surface area contributed by atoms with Crippen LogP contribution in [0.15, 0.2) is 33.9 Å². The lowest BCUT2D eigenvalue weighted by atomic mass is 10.2. The third-order valence-corrected chi connectivity index (χ3v) is 4.64. The van der Waals surface area contributed by atoms with Gasteiger partial charge in [-0.3, -0.25) is 4.79 Å². The molecule has 0 spiro atoms. The number of hydrogen-bond acceptors (Lipinski definition) is 5. The lowest BCUT2D eigenvalue weighted by Crippen LogP contribution is -2.38. The number of hydrogen-bond donors (Lipinski definition) is 2. The summed E-state index contributed by atoms with van der Waals surface area (Å²) >= 11 is 4.30. The van der Waals surface area contributed by atoms with Crippen molar-refractivity contribution in [1.29, 1.82) is 0 Å². The van der Waals surface area contributed by atoms with E-state index in [2.05, 4.69) is 26.1 Å². The summed E-state index contributed by atoms with van der Waals surface area (Å²) in [4.78, 5) is 11.7. The maximum atomic E-state index is 12.1. The maximum absolute atomic E-state index is 12.1. The zero-order chi connectivity index (χ0) is 17.9. The SMILES string of the molecule is C[C@H](Sc1nnc(-c2ccccc2Br)n1N)C(=O)NCC(F)(F)F. The summed E-state index contributed by atoms with van der Waals surface area (Å²) in [5.74, 6) is 5.54. The molecule has 1 aromatic carbocycles. The Hall–Kier alpha value is -1.75. The molecule has 1 heterocycles. The van der Waals surface area contributed by atoms with E-state index < -0.39 is 23.9 Å². The van der Waals surface area contributed by atoms with Crippen LogP contribution in [0.3, 0.4) is 0 Å². The van der Waals surface area contributed by atoms with Crippen LogP contribution in [0.25, 0.3) is 11.4 Å². The standard InChI is InChI=1S/C13H13BrF3N5OS/c1-7(11(23)19-6-13(15,16)17)24-12-21-20-10(22(12)18)8-4-2-3-5-9(8)14/h2-5,7H,6,18H2,1H3,(H,19,23)/t7-/m0/s1. The molecule has 11 heteroatoms. The van der Waals surface area contributed by atoms with Gasteiger partial charge in [0.2, 0.25) is 11.1 Å². The second-order valence-corrected chi connectivity index (χ2v) is 6.91. The molecule has 2 rings (SSSR count). The van der Waals surface area contributed by atoms with Crippen molar-refractivity contribution in [2.24, 2.45) is 0 Å². The Bertz CT molecular complexity index is 737. The zero-order valence-electron chi connectivity index (χ0n) is 12.3. The number of nitrogen functional groups attached to an aromatic ring is 1. The molecule has 0 aliphatic carbocycles. The molecule has 1 atom stereocenters. The summed E-state index contributed by atoms with van der Waals surface area (Å²) in [6.45, 7) is 0.0808. The summed E-state index contributed by atoms with van der Waals surface area (Å²) < 4.78 is 38.3. The number of nitrogens with one attached hydrogen (secondary N) is 1. The average Bonchev–Trinajstić information content (AvgIpc) is 2.85. The van der Waals surface area contributed by atoms with Gasteiger partial charge in [0, 0.05) is 10.0 Å². The van der Waals surface area contributed by atoms with E-state index in [1.807, 2.05) is 17.4 Å². The largest absolute Gasteiger partial charge is 0.405 e. The van der Waals surface area contributed by atoms with Crippen LogP contribution < -0.4 is 11.2 Å². The first kappa shape index (κ1) is 18.6. The van der Waals surface area contributed by atoms with E-state index in [0.29, 0.717) is 11.4 Å². The Balaban J connectivity index is 2.09. The van der Waals surface area contributed by atoms with Crippen LogP contribution >= 0.6 is 27.7 Å². The molecule has 0 bridgehead atoms. The Morgan fingerprint density at radius 1 is 1.42 bits per heavy atom. The van der Waals surface area contributed by atoms with E-state index in [-0.39, 0.29) is 5.16 Å². The van der Waals surface area contributed by atoms with Crippen molar-refractivity contribution in [2.45, 2.75) is 23.5 Å². The highest BCUT2D eigenvalue weighted by atomic mass is 79.9. The number of rotatable bonds is 5.